The van der Waals surface area contributed by atoms with Gasteiger partial charge in [0, 0.05) is 11.3 Å². The number of aromatic nitrogens is 4. The maximum atomic E-state index is 12.9. The topological polar surface area (TPSA) is 100 Å². The van der Waals surface area contributed by atoms with Crippen LogP contribution in [0.25, 0.3) is 5.69 Å². The number of benzene rings is 3. The molecule has 0 aliphatic carbocycles. The van der Waals surface area contributed by atoms with Crippen LogP contribution in [-0.4, -0.2) is 40.3 Å². The van der Waals surface area contributed by atoms with Crippen molar-refractivity contribution in [1.82, 2.24) is 20.2 Å². The largest absolute Gasteiger partial charge is 0.493 e. The van der Waals surface area contributed by atoms with Crippen molar-refractivity contribution in [3.8, 4) is 22.9 Å². The van der Waals surface area contributed by atoms with E-state index < -0.39 is 0 Å². The molecule has 32 heavy (non-hydrogen) atoms. The highest BCUT2D eigenvalue weighted by Gasteiger charge is 2.18. The van der Waals surface area contributed by atoms with Crippen LogP contribution in [0.15, 0.2) is 73.1 Å². The smallest absolute Gasteiger partial charge is 0.255 e. The number of amides is 1. The molecule has 1 N–H and O–H groups in total. The van der Waals surface area contributed by atoms with Gasteiger partial charge < -0.3 is 19.5 Å². The van der Waals surface area contributed by atoms with E-state index in [1.54, 1.807) is 36.4 Å². The molecule has 162 valence electrons. The van der Waals surface area contributed by atoms with Gasteiger partial charge in [-0.05, 0) is 52.4 Å². The number of hydrogen-bond donors (Lipinski definition) is 1. The first-order valence-corrected chi connectivity index (χ1v) is 9.75. The lowest BCUT2D eigenvalue weighted by molar-refractivity contribution is 0.102. The van der Waals surface area contributed by atoms with Gasteiger partial charge in [0.1, 0.15) is 12.9 Å². The minimum atomic E-state index is -0.314. The molecule has 0 aliphatic rings. The fourth-order valence-electron chi connectivity index (χ4n) is 3.06. The molecule has 0 atom stereocenters. The summed E-state index contributed by atoms with van der Waals surface area (Å²) in [5.41, 5.74) is 2.77. The Morgan fingerprint density at radius 1 is 0.969 bits per heavy atom. The summed E-state index contributed by atoms with van der Waals surface area (Å²) < 4.78 is 18.4. The van der Waals surface area contributed by atoms with E-state index in [1.165, 1.54) is 25.2 Å². The van der Waals surface area contributed by atoms with Crippen LogP contribution < -0.4 is 19.5 Å². The van der Waals surface area contributed by atoms with E-state index in [1.807, 2.05) is 30.3 Å². The molecule has 0 bridgehead atoms. The minimum absolute atomic E-state index is 0.314. The van der Waals surface area contributed by atoms with E-state index in [0.29, 0.717) is 35.1 Å². The first kappa shape index (κ1) is 20.9. The Balaban J connectivity index is 1.51. The molecular weight excluding hydrogens is 410 g/mol. The van der Waals surface area contributed by atoms with E-state index in [0.717, 1.165) is 11.3 Å². The number of carbonyl (C=O) groups excluding carboxylic acids is 1. The third-order valence-electron chi connectivity index (χ3n) is 4.69. The van der Waals surface area contributed by atoms with Gasteiger partial charge in [0.15, 0.2) is 11.5 Å². The molecule has 9 heteroatoms. The van der Waals surface area contributed by atoms with Crippen LogP contribution in [0, 0.1) is 0 Å². The molecule has 0 spiro atoms. The van der Waals surface area contributed by atoms with Crippen LogP contribution in [0.1, 0.15) is 15.9 Å². The van der Waals surface area contributed by atoms with Crippen LogP contribution >= 0.6 is 0 Å². The lowest BCUT2D eigenvalue weighted by Gasteiger charge is -2.16. The Kier molecular flexibility index (Phi) is 6.26. The van der Waals surface area contributed by atoms with Crippen molar-refractivity contribution in [2.45, 2.75) is 6.61 Å². The summed E-state index contributed by atoms with van der Waals surface area (Å²) in [7, 11) is 3.03. The Bertz CT molecular complexity index is 1150. The van der Waals surface area contributed by atoms with E-state index in [9.17, 15) is 4.79 Å². The fourth-order valence-corrected chi connectivity index (χ4v) is 3.06. The summed E-state index contributed by atoms with van der Waals surface area (Å²) in [5, 5.41) is 13.9. The number of nitrogens with one attached hydrogen (secondary N) is 1. The van der Waals surface area contributed by atoms with Gasteiger partial charge in [0.05, 0.1) is 19.9 Å². The van der Waals surface area contributed by atoms with Crippen LogP contribution in [0.3, 0.4) is 0 Å². The number of tetrazole rings is 1. The molecule has 9 nitrogen and oxygen atoms in total. The second-order valence-electron chi connectivity index (χ2n) is 6.74. The summed E-state index contributed by atoms with van der Waals surface area (Å²) in [4.78, 5) is 12.9. The van der Waals surface area contributed by atoms with Gasteiger partial charge in [-0.25, -0.2) is 4.68 Å². The highest BCUT2D eigenvalue weighted by molar-refractivity contribution is 6.05. The number of rotatable bonds is 8. The van der Waals surface area contributed by atoms with Gasteiger partial charge in [0.25, 0.3) is 5.91 Å². The summed E-state index contributed by atoms with van der Waals surface area (Å²) in [6.45, 7) is 0.340. The van der Waals surface area contributed by atoms with Gasteiger partial charge in [-0.15, -0.1) is 5.10 Å². The first-order valence-electron chi connectivity index (χ1n) is 9.75. The first-order chi connectivity index (χ1) is 15.7. The number of anilines is 1. The van der Waals surface area contributed by atoms with Crippen molar-refractivity contribution in [3.63, 3.8) is 0 Å². The molecule has 0 radical (unpaired) electrons. The molecule has 1 aromatic heterocycles. The molecule has 0 saturated heterocycles. The van der Waals surface area contributed by atoms with E-state index >= 15 is 0 Å². The fraction of sp³-hybridized carbons (Fsp3) is 0.130. The Morgan fingerprint density at radius 2 is 1.66 bits per heavy atom. The minimum Gasteiger partial charge on any atom is -0.493 e. The number of ether oxygens (including phenoxy) is 3. The Labute approximate surface area is 184 Å². The summed E-state index contributed by atoms with van der Waals surface area (Å²) in [6, 6.07) is 20.1. The van der Waals surface area contributed by atoms with Crippen LogP contribution in [0.4, 0.5) is 5.69 Å². The van der Waals surface area contributed by atoms with Crippen LogP contribution in [-0.2, 0) is 6.61 Å². The number of methoxy groups -OCH3 is 2. The molecule has 0 unspecified atom stereocenters. The zero-order valence-corrected chi connectivity index (χ0v) is 17.6. The molecule has 0 saturated carbocycles. The van der Waals surface area contributed by atoms with Crippen molar-refractivity contribution < 1.29 is 19.0 Å². The molecule has 1 amide bonds. The molecule has 0 aliphatic heterocycles. The molecule has 4 aromatic rings. The summed E-state index contributed by atoms with van der Waals surface area (Å²) >= 11 is 0. The number of nitrogens with zero attached hydrogens (tertiary/aromatic N) is 4. The third-order valence-corrected chi connectivity index (χ3v) is 4.69. The molecule has 0 fully saturated rings. The van der Waals surface area contributed by atoms with Gasteiger partial charge in [-0.2, -0.15) is 0 Å². The van der Waals surface area contributed by atoms with Crippen molar-refractivity contribution >= 4 is 11.6 Å². The van der Waals surface area contributed by atoms with Crippen molar-refractivity contribution in [2.75, 3.05) is 19.5 Å². The number of hydrogen-bond acceptors (Lipinski definition) is 7. The highest BCUT2D eigenvalue weighted by Crippen LogP contribution is 2.39. The average Bonchev–Trinajstić information content (AvgIpc) is 3.38. The zero-order valence-electron chi connectivity index (χ0n) is 17.6. The SMILES string of the molecule is COc1cc(C(=O)Nc2ccc(-n3cnnn3)cc2)cc(OC)c1OCc1ccccc1. The molecule has 3 aromatic carbocycles. The van der Waals surface area contributed by atoms with Crippen LogP contribution in [0.2, 0.25) is 0 Å². The van der Waals surface area contributed by atoms with Gasteiger partial charge in [-0.1, -0.05) is 30.3 Å². The predicted molar refractivity (Wildman–Crippen MR) is 117 cm³/mol. The standard InChI is InChI=1S/C23H21N5O4/c1-30-20-12-17(13-21(31-2)22(20)32-14-16-6-4-3-5-7-16)23(29)25-18-8-10-19(11-9-18)28-15-24-26-27-28/h3-13,15H,14H2,1-2H3,(H,25,29). The van der Waals surface area contributed by atoms with E-state index in [-0.39, 0.29) is 5.91 Å². The second kappa shape index (κ2) is 9.61. The van der Waals surface area contributed by atoms with Gasteiger partial charge in [0.2, 0.25) is 5.75 Å². The van der Waals surface area contributed by atoms with Crippen LogP contribution in [0.5, 0.6) is 17.2 Å². The lowest BCUT2D eigenvalue weighted by atomic mass is 10.1. The molecule has 4 rings (SSSR count). The maximum absolute atomic E-state index is 12.9. The number of carbonyl (C=O) groups is 1. The summed E-state index contributed by atoms with van der Waals surface area (Å²) in [5.74, 6) is 0.923. The normalized spacial score (nSPS) is 10.4. The predicted octanol–water partition coefficient (Wildman–Crippen LogP) is 3.51. The Morgan fingerprint density at radius 3 is 2.25 bits per heavy atom. The van der Waals surface area contributed by atoms with Crippen molar-refractivity contribution in [3.05, 3.63) is 84.2 Å². The second-order valence-corrected chi connectivity index (χ2v) is 6.74. The maximum Gasteiger partial charge on any atom is 0.255 e. The monoisotopic (exact) mass is 431 g/mol. The third kappa shape index (κ3) is 4.67. The van der Waals surface area contributed by atoms with Gasteiger partial charge in [-0.3, -0.25) is 4.79 Å². The highest BCUT2D eigenvalue weighted by atomic mass is 16.5. The summed E-state index contributed by atoms with van der Waals surface area (Å²) in [6.07, 6.45) is 1.49. The van der Waals surface area contributed by atoms with E-state index in [4.69, 9.17) is 14.2 Å². The van der Waals surface area contributed by atoms with Crippen molar-refractivity contribution in [1.29, 1.82) is 0 Å². The van der Waals surface area contributed by atoms with Crippen molar-refractivity contribution in [2.24, 2.45) is 0 Å². The quantitative estimate of drug-likeness (QED) is 0.456. The molecule has 1 heterocycles. The average molecular weight is 431 g/mol. The van der Waals surface area contributed by atoms with Gasteiger partial charge >= 0.3 is 0 Å². The lowest BCUT2D eigenvalue weighted by Crippen LogP contribution is -2.13. The molecular formula is C23H21N5O4. The Hall–Kier alpha value is -4.40. The zero-order chi connectivity index (χ0) is 22.3. The van der Waals surface area contributed by atoms with E-state index in [2.05, 4.69) is 20.8 Å².